The third kappa shape index (κ3) is 3.20. The monoisotopic (exact) mass is 234 g/mol. The first-order valence-electron chi connectivity index (χ1n) is 5.93. The third-order valence-electron chi connectivity index (χ3n) is 3.20. The summed E-state index contributed by atoms with van der Waals surface area (Å²) in [5, 5.41) is 12.3. The lowest BCUT2D eigenvalue weighted by molar-refractivity contribution is 0.0697. The zero-order valence-electron chi connectivity index (χ0n) is 10.0. The van der Waals surface area contributed by atoms with Crippen LogP contribution in [0.2, 0.25) is 0 Å². The molecule has 2 rings (SSSR count). The highest BCUT2D eigenvalue weighted by Crippen LogP contribution is 2.17. The number of carbonyl (C=O) groups is 1. The number of rotatable bonds is 3. The lowest BCUT2D eigenvalue weighted by Gasteiger charge is -2.30. The first-order chi connectivity index (χ1) is 8.15. The van der Waals surface area contributed by atoms with E-state index in [1.54, 1.807) is 18.2 Å². The number of likely N-dealkylation sites (tertiary alicyclic amines) is 1. The van der Waals surface area contributed by atoms with Gasteiger partial charge in [0, 0.05) is 11.7 Å². The van der Waals surface area contributed by atoms with Crippen molar-refractivity contribution in [2.75, 3.05) is 25.5 Å². The summed E-state index contributed by atoms with van der Waals surface area (Å²) in [6, 6.07) is 7.46. The zero-order valence-corrected chi connectivity index (χ0v) is 10.0. The van der Waals surface area contributed by atoms with E-state index in [1.807, 2.05) is 6.07 Å². The Morgan fingerprint density at radius 3 is 2.76 bits per heavy atom. The molecule has 92 valence electrons. The number of carboxylic acids is 1. The van der Waals surface area contributed by atoms with E-state index in [0.717, 1.165) is 31.6 Å². The van der Waals surface area contributed by atoms with Crippen molar-refractivity contribution in [1.29, 1.82) is 0 Å². The van der Waals surface area contributed by atoms with Crippen molar-refractivity contribution in [2.45, 2.75) is 18.9 Å². The molecule has 0 aliphatic carbocycles. The topological polar surface area (TPSA) is 52.6 Å². The van der Waals surface area contributed by atoms with E-state index in [2.05, 4.69) is 17.3 Å². The van der Waals surface area contributed by atoms with Gasteiger partial charge in [-0.15, -0.1) is 0 Å². The summed E-state index contributed by atoms with van der Waals surface area (Å²) >= 11 is 0. The summed E-state index contributed by atoms with van der Waals surface area (Å²) in [7, 11) is 2.13. The maximum Gasteiger partial charge on any atom is 0.335 e. The average molecular weight is 234 g/mol. The van der Waals surface area contributed by atoms with Crippen molar-refractivity contribution in [1.82, 2.24) is 4.90 Å². The number of benzene rings is 1. The molecule has 1 heterocycles. The van der Waals surface area contributed by atoms with Gasteiger partial charge < -0.3 is 15.3 Å². The maximum atomic E-state index is 10.9. The molecule has 0 spiro atoms. The van der Waals surface area contributed by atoms with Crippen LogP contribution in [0.25, 0.3) is 0 Å². The van der Waals surface area contributed by atoms with E-state index in [9.17, 15) is 4.79 Å². The second-order valence-corrected chi connectivity index (χ2v) is 4.61. The molecular formula is C13H18N2O2. The minimum Gasteiger partial charge on any atom is -0.478 e. The highest BCUT2D eigenvalue weighted by atomic mass is 16.4. The van der Waals surface area contributed by atoms with Gasteiger partial charge in [-0.25, -0.2) is 4.79 Å². The van der Waals surface area contributed by atoms with Gasteiger partial charge in [0.15, 0.2) is 0 Å². The molecule has 0 amide bonds. The summed E-state index contributed by atoms with van der Waals surface area (Å²) < 4.78 is 0. The summed E-state index contributed by atoms with van der Waals surface area (Å²) in [4.78, 5) is 13.2. The van der Waals surface area contributed by atoms with E-state index in [4.69, 9.17) is 5.11 Å². The summed E-state index contributed by atoms with van der Waals surface area (Å²) in [6.45, 7) is 2.19. The molecule has 4 nitrogen and oxygen atoms in total. The first-order valence-corrected chi connectivity index (χ1v) is 5.93. The van der Waals surface area contributed by atoms with Crippen molar-refractivity contribution < 1.29 is 9.90 Å². The van der Waals surface area contributed by atoms with Crippen molar-refractivity contribution in [3.05, 3.63) is 29.8 Å². The van der Waals surface area contributed by atoms with Gasteiger partial charge in [0.1, 0.15) is 0 Å². The maximum absolute atomic E-state index is 10.9. The standard InChI is InChI=1S/C13H18N2O2/c1-15-7-5-11(6-8-15)14-12-4-2-3-10(9-12)13(16)17/h2-4,9,11,14H,5-8H2,1H3,(H,16,17). The second-order valence-electron chi connectivity index (χ2n) is 4.61. The number of nitrogens with one attached hydrogen (secondary N) is 1. The number of hydrogen-bond acceptors (Lipinski definition) is 3. The predicted octanol–water partition coefficient (Wildman–Crippen LogP) is 1.89. The van der Waals surface area contributed by atoms with E-state index < -0.39 is 5.97 Å². The molecule has 2 N–H and O–H groups in total. The third-order valence-corrected chi connectivity index (χ3v) is 3.20. The Balaban J connectivity index is 1.98. The van der Waals surface area contributed by atoms with Crippen LogP contribution >= 0.6 is 0 Å². The predicted molar refractivity (Wildman–Crippen MR) is 67.5 cm³/mol. The molecule has 0 unspecified atom stereocenters. The molecule has 0 atom stereocenters. The lowest BCUT2D eigenvalue weighted by atomic mass is 10.0. The minimum absolute atomic E-state index is 0.336. The van der Waals surface area contributed by atoms with Crippen molar-refractivity contribution in [3.8, 4) is 0 Å². The Morgan fingerprint density at radius 2 is 2.12 bits per heavy atom. The zero-order chi connectivity index (χ0) is 12.3. The van der Waals surface area contributed by atoms with Gasteiger partial charge >= 0.3 is 5.97 Å². The fraction of sp³-hybridized carbons (Fsp3) is 0.462. The molecule has 0 aromatic heterocycles. The molecule has 1 aromatic rings. The van der Waals surface area contributed by atoms with Crippen LogP contribution in [-0.4, -0.2) is 42.2 Å². The van der Waals surface area contributed by atoms with Gasteiger partial charge in [0.05, 0.1) is 5.56 Å². The van der Waals surface area contributed by atoms with Crippen LogP contribution in [0.5, 0.6) is 0 Å². The highest BCUT2D eigenvalue weighted by Gasteiger charge is 2.16. The first kappa shape index (κ1) is 11.9. The van der Waals surface area contributed by atoms with Gasteiger partial charge in [0.25, 0.3) is 0 Å². The molecular weight excluding hydrogens is 216 g/mol. The second kappa shape index (κ2) is 5.19. The largest absolute Gasteiger partial charge is 0.478 e. The summed E-state index contributed by atoms with van der Waals surface area (Å²) in [6.07, 6.45) is 2.21. The van der Waals surface area contributed by atoms with Crippen LogP contribution < -0.4 is 5.32 Å². The van der Waals surface area contributed by atoms with Crippen molar-refractivity contribution in [2.24, 2.45) is 0 Å². The number of aromatic carboxylic acids is 1. The van der Waals surface area contributed by atoms with Gasteiger partial charge in [-0.3, -0.25) is 0 Å². The number of anilines is 1. The Labute approximate surface area is 101 Å². The molecule has 0 radical (unpaired) electrons. The molecule has 1 aliphatic rings. The number of hydrogen-bond donors (Lipinski definition) is 2. The number of piperidine rings is 1. The van der Waals surface area contributed by atoms with E-state index >= 15 is 0 Å². The molecule has 0 bridgehead atoms. The van der Waals surface area contributed by atoms with Crippen LogP contribution in [-0.2, 0) is 0 Å². The van der Waals surface area contributed by atoms with Gasteiger partial charge in [-0.05, 0) is 51.2 Å². The van der Waals surface area contributed by atoms with Crippen molar-refractivity contribution >= 4 is 11.7 Å². The van der Waals surface area contributed by atoms with Crippen molar-refractivity contribution in [3.63, 3.8) is 0 Å². The lowest BCUT2D eigenvalue weighted by Crippen LogP contribution is -2.36. The van der Waals surface area contributed by atoms with E-state index in [1.165, 1.54) is 0 Å². The van der Waals surface area contributed by atoms with Crippen LogP contribution in [0.4, 0.5) is 5.69 Å². The minimum atomic E-state index is -0.878. The average Bonchev–Trinajstić information content (AvgIpc) is 2.32. The summed E-state index contributed by atoms with van der Waals surface area (Å²) in [5.74, 6) is -0.878. The van der Waals surface area contributed by atoms with Crippen LogP contribution in [0.15, 0.2) is 24.3 Å². The van der Waals surface area contributed by atoms with E-state index in [-0.39, 0.29) is 0 Å². The summed E-state index contributed by atoms with van der Waals surface area (Å²) in [5.41, 5.74) is 1.24. The normalized spacial score (nSPS) is 17.9. The van der Waals surface area contributed by atoms with Gasteiger partial charge in [-0.2, -0.15) is 0 Å². The molecule has 1 aliphatic heterocycles. The van der Waals surface area contributed by atoms with Gasteiger partial charge in [0.2, 0.25) is 0 Å². The highest BCUT2D eigenvalue weighted by molar-refractivity contribution is 5.88. The quantitative estimate of drug-likeness (QED) is 0.838. The molecule has 1 fully saturated rings. The molecule has 4 heteroatoms. The molecule has 1 saturated heterocycles. The van der Waals surface area contributed by atoms with Gasteiger partial charge in [-0.1, -0.05) is 6.07 Å². The SMILES string of the molecule is CN1CCC(Nc2cccc(C(=O)O)c2)CC1. The smallest absolute Gasteiger partial charge is 0.335 e. The molecule has 17 heavy (non-hydrogen) atoms. The number of nitrogens with zero attached hydrogens (tertiary/aromatic N) is 1. The van der Waals surface area contributed by atoms with E-state index in [0.29, 0.717) is 11.6 Å². The molecule has 1 aromatic carbocycles. The Bertz CT molecular complexity index is 398. The van der Waals surface area contributed by atoms with Crippen LogP contribution in [0.1, 0.15) is 23.2 Å². The van der Waals surface area contributed by atoms with Crippen LogP contribution in [0, 0.1) is 0 Å². The van der Waals surface area contributed by atoms with Crippen LogP contribution in [0.3, 0.4) is 0 Å². The Morgan fingerprint density at radius 1 is 1.41 bits per heavy atom. The Hall–Kier alpha value is -1.55. The Kier molecular flexibility index (Phi) is 3.64. The fourth-order valence-corrected chi connectivity index (χ4v) is 2.13. The molecule has 0 saturated carbocycles. The fourth-order valence-electron chi connectivity index (χ4n) is 2.13. The number of carboxylic acid groups (broad SMARTS) is 1.